The normalized spacial score (nSPS) is 18.9. The molecule has 0 amide bonds. The van der Waals surface area contributed by atoms with Gasteiger partial charge in [-0.3, -0.25) is 0 Å². The van der Waals surface area contributed by atoms with E-state index in [-0.39, 0.29) is 5.41 Å². The van der Waals surface area contributed by atoms with Crippen molar-refractivity contribution in [3.63, 3.8) is 0 Å². The fourth-order valence-electron chi connectivity index (χ4n) is 4.19. The van der Waals surface area contributed by atoms with Crippen LogP contribution in [-0.2, 0) is 5.41 Å². The molecule has 0 heterocycles. The zero-order chi connectivity index (χ0) is 16.0. The molecule has 1 unspecified atom stereocenters. The van der Waals surface area contributed by atoms with E-state index in [4.69, 9.17) is 4.74 Å². The lowest BCUT2D eigenvalue weighted by Crippen LogP contribution is -2.36. The minimum atomic E-state index is 0.177. The Kier molecular flexibility index (Phi) is 6.16. The number of hydrogen-bond donors (Lipinski definition) is 1. The Morgan fingerprint density at radius 2 is 1.86 bits per heavy atom. The molecule has 2 heteroatoms. The van der Waals surface area contributed by atoms with Gasteiger partial charge in [0, 0.05) is 11.0 Å². The minimum absolute atomic E-state index is 0.177. The highest BCUT2D eigenvalue weighted by Crippen LogP contribution is 2.51. The van der Waals surface area contributed by atoms with Gasteiger partial charge in [-0.25, -0.2) is 0 Å². The first-order valence-electron chi connectivity index (χ1n) is 9.11. The molecule has 124 valence electrons. The summed E-state index contributed by atoms with van der Waals surface area (Å²) in [6.07, 6.45) is 9.78. The third kappa shape index (κ3) is 3.42. The fraction of sp³-hybridized carbons (Fsp3) is 0.700. The molecule has 0 bridgehead atoms. The van der Waals surface area contributed by atoms with E-state index >= 15 is 0 Å². The molecule has 0 saturated heterocycles. The van der Waals surface area contributed by atoms with Gasteiger partial charge in [-0.05, 0) is 31.2 Å². The first-order valence-corrected chi connectivity index (χ1v) is 9.11. The number of rotatable bonds is 7. The lowest BCUT2D eigenvalue weighted by Gasteiger charge is -2.43. The van der Waals surface area contributed by atoms with E-state index in [0.29, 0.717) is 18.3 Å². The molecule has 1 aromatic rings. The third-order valence-corrected chi connectivity index (χ3v) is 5.39. The van der Waals surface area contributed by atoms with Crippen LogP contribution >= 0.6 is 0 Å². The summed E-state index contributed by atoms with van der Waals surface area (Å²) in [5, 5.41) is 10.3. The molecule has 1 N–H and O–H groups in total. The zero-order valence-corrected chi connectivity index (χ0v) is 14.5. The smallest absolute Gasteiger partial charge is 0.164 e. The number of phenols is 1. The molecule has 2 rings (SSSR count). The van der Waals surface area contributed by atoms with Gasteiger partial charge < -0.3 is 9.84 Å². The van der Waals surface area contributed by atoms with Gasteiger partial charge in [-0.1, -0.05) is 65.0 Å². The van der Waals surface area contributed by atoms with Crippen LogP contribution in [-0.4, -0.2) is 11.7 Å². The Bertz CT molecular complexity index is 461. The second-order valence-corrected chi connectivity index (χ2v) is 6.91. The summed E-state index contributed by atoms with van der Waals surface area (Å²) in [6.45, 7) is 7.44. The number of phenolic OH excluding ortho intramolecular Hbond substituents is 1. The lowest BCUT2D eigenvalue weighted by molar-refractivity contribution is 0.182. The molecule has 1 saturated carbocycles. The van der Waals surface area contributed by atoms with Crippen LogP contribution in [0.25, 0.3) is 0 Å². The summed E-state index contributed by atoms with van der Waals surface area (Å²) in [5.41, 5.74) is 1.43. The van der Waals surface area contributed by atoms with Crippen LogP contribution in [0.15, 0.2) is 18.2 Å². The molecule has 0 radical (unpaired) electrons. The van der Waals surface area contributed by atoms with Crippen LogP contribution in [0.5, 0.6) is 11.5 Å². The Hall–Kier alpha value is -1.18. The van der Waals surface area contributed by atoms with Crippen LogP contribution < -0.4 is 4.74 Å². The Morgan fingerprint density at radius 3 is 2.50 bits per heavy atom. The van der Waals surface area contributed by atoms with Gasteiger partial charge in [0.25, 0.3) is 0 Å². The largest absolute Gasteiger partial charge is 0.504 e. The third-order valence-electron chi connectivity index (χ3n) is 5.39. The summed E-state index contributed by atoms with van der Waals surface area (Å²) in [5.74, 6) is 1.68. The molecular formula is C20H32O2. The molecule has 1 aromatic carbocycles. The van der Waals surface area contributed by atoms with Gasteiger partial charge in [0.15, 0.2) is 11.5 Å². The highest BCUT2D eigenvalue weighted by Gasteiger charge is 2.41. The van der Waals surface area contributed by atoms with E-state index in [1.165, 1.54) is 50.5 Å². The molecule has 1 fully saturated rings. The molecule has 0 spiro atoms. The predicted octanol–water partition coefficient (Wildman–Crippen LogP) is 5.82. The number of aromatic hydroxyl groups is 1. The van der Waals surface area contributed by atoms with Crippen molar-refractivity contribution in [2.24, 2.45) is 5.92 Å². The monoisotopic (exact) mass is 304 g/mol. The zero-order valence-electron chi connectivity index (χ0n) is 14.5. The number of hydrogen-bond acceptors (Lipinski definition) is 2. The van der Waals surface area contributed by atoms with Crippen molar-refractivity contribution >= 4 is 0 Å². The quantitative estimate of drug-likeness (QED) is 0.688. The average molecular weight is 304 g/mol. The molecule has 2 nitrogen and oxygen atoms in total. The van der Waals surface area contributed by atoms with Crippen LogP contribution in [0.1, 0.15) is 77.7 Å². The number of ether oxygens (including phenoxy) is 1. The lowest BCUT2D eigenvalue weighted by atomic mass is 9.61. The standard InChI is InChI=1S/C20H32O2/c1-4-10-16(3)20(13-7-6-8-14-20)17-11-9-12-18(21)19(17)22-15-5-2/h9,11-12,16,21H,4-8,10,13-15H2,1-3H3. The summed E-state index contributed by atoms with van der Waals surface area (Å²) in [6, 6.07) is 5.94. The first kappa shape index (κ1) is 17.2. The van der Waals surface area contributed by atoms with Crippen molar-refractivity contribution in [2.75, 3.05) is 6.61 Å². The number of benzene rings is 1. The highest BCUT2D eigenvalue weighted by molar-refractivity contribution is 5.50. The van der Waals surface area contributed by atoms with Crippen molar-refractivity contribution in [3.8, 4) is 11.5 Å². The maximum atomic E-state index is 10.3. The summed E-state index contributed by atoms with van der Waals surface area (Å²) in [4.78, 5) is 0. The molecule has 1 aliphatic carbocycles. The second-order valence-electron chi connectivity index (χ2n) is 6.91. The van der Waals surface area contributed by atoms with Gasteiger partial charge in [0.05, 0.1) is 6.61 Å². The first-order chi connectivity index (χ1) is 10.7. The van der Waals surface area contributed by atoms with Gasteiger partial charge in [0.2, 0.25) is 0 Å². The van der Waals surface area contributed by atoms with Gasteiger partial charge >= 0.3 is 0 Å². The van der Waals surface area contributed by atoms with E-state index in [9.17, 15) is 5.11 Å². The topological polar surface area (TPSA) is 29.5 Å². The molecule has 0 aromatic heterocycles. The van der Waals surface area contributed by atoms with Crippen molar-refractivity contribution in [1.82, 2.24) is 0 Å². The van der Waals surface area contributed by atoms with Gasteiger partial charge in [-0.2, -0.15) is 0 Å². The molecule has 1 aliphatic rings. The minimum Gasteiger partial charge on any atom is -0.504 e. The van der Waals surface area contributed by atoms with Crippen molar-refractivity contribution in [3.05, 3.63) is 23.8 Å². The highest BCUT2D eigenvalue weighted by atomic mass is 16.5. The molecule has 1 atom stereocenters. The summed E-state index contributed by atoms with van der Waals surface area (Å²) >= 11 is 0. The van der Waals surface area contributed by atoms with E-state index in [0.717, 1.165) is 12.2 Å². The Morgan fingerprint density at radius 1 is 1.14 bits per heavy atom. The summed E-state index contributed by atoms with van der Waals surface area (Å²) in [7, 11) is 0. The van der Waals surface area contributed by atoms with E-state index in [1.54, 1.807) is 6.07 Å². The van der Waals surface area contributed by atoms with Crippen LogP contribution in [0.4, 0.5) is 0 Å². The van der Waals surface area contributed by atoms with E-state index < -0.39 is 0 Å². The van der Waals surface area contributed by atoms with Gasteiger partial charge in [-0.15, -0.1) is 0 Å². The molecule has 22 heavy (non-hydrogen) atoms. The van der Waals surface area contributed by atoms with Crippen LogP contribution in [0, 0.1) is 5.92 Å². The van der Waals surface area contributed by atoms with Crippen molar-refractivity contribution in [2.45, 2.75) is 77.6 Å². The SMILES string of the molecule is CCCOc1c(O)cccc1C1(C(C)CCC)CCCCC1. The van der Waals surface area contributed by atoms with Crippen LogP contribution in [0.3, 0.4) is 0 Å². The Balaban J connectivity index is 2.44. The number of para-hydroxylation sites is 1. The van der Waals surface area contributed by atoms with E-state index in [2.05, 4.69) is 26.8 Å². The molecular weight excluding hydrogens is 272 g/mol. The fourth-order valence-corrected chi connectivity index (χ4v) is 4.19. The average Bonchev–Trinajstić information content (AvgIpc) is 2.54. The van der Waals surface area contributed by atoms with Crippen molar-refractivity contribution in [1.29, 1.82) is 0 Å². The maximum Gasteiger partial charge on any atom is 0.164 e. The maximum absolute atomic E-state index is 10.3. The summed E-state index contributed by atoms with van der Waals surface area (Å²) < 4.78 is 5.97. The van der Waals surface area contributed by atoms with Gasteiger partial charge in [0.1, 0.15) is 0 Å². The van der Waals surface area contributed by atoms with Crippen molar-refractivity contribution < 1.29 is 9.84 Å². The molecule has 0 aliphatic heterocycles. The van der Waals surface area contributed by atoms with Crippen LogP contribution in [0.2, 0.25) is 0 Å². The predicted molar refractivity (Wildman–Crippen MR) is 92.7 cm³/mol. The van der Waals surface area contributed by atoms with E-state index in [1.807, 2.05) is 6.07 Å². The Labute approximate surface area is 135 Å². The second kappa shape index (κ2) is 7.89.